The van der Waals surface area contributed by atoms with Crippen LogP contribution in [0.2, 0.25) is 0 Å². The third-order valence-corrected chi connectivity index (χ3v) is 5.72. The number of carbonyl (C=O) groups excluding carboxylic acids is 1. The standard InChI is InChI=1S/C20H30N2O.ClH/c1-13(2)10-15-4-6-16(7-5-15)14(3)20(23)22-11-17-8-9-19(21)18(17)12-22;/h4-7,13-14,17-19H,8-12,21H2,1-3H3;1H. The number of carbonyl (C=O) groups is 1. The summed E-state index contributed by atoms with van der Waals surface area (Å²) in [5.41, 5.74) is 8.67. The van der Waals surface area contributed by atoms with Gasteiger partial charge in [-0.15, -0.1) is 12.4 Å². The molecule has 1 aromatic carbocycles. The number of nitrogens with zero attached hydrogens (tertiary/aromatic N) is 1. The molecule has 4 atom stereocenters. The Balaban J connectivity index is 0.00000208. The first kappa shape index (κ1) is 19.3. The maximum absolute atomic E-state index is 12.8. The average Bonchev–Trinajstić information content (AvgIpc) is 3.08. The zero-order chi connectivity index (χ0) is 16.6. The maximum atomic E-state index is 12.8. The van der Waals surface area contributed by atoms with Crippen LogP contribution >= 0.6 is 12.4 Å². The minimum absolute atomic E-state index is 0. The molecule has 3 rings (SSSR count). The predicted molar refractivity (Wildman–Crippen MR) is 101 cm³/mol. The summed E-state index contributed by atoms with van der Waals surface area (Å²) >= 11 is 0. The summed E-state index contributed by atoms with van der Waals surface area (Å²) in [5, 5.41) is 0. The average molecular weight is 351 g/mol. The highest BCUT2D eigenvalue weighted by molar-refractivity contribution is 5.85. The Kier molecular flexibility index (Phi) is 6.33. The number of rotatable bonds is 4. The SMILES string of the molecule is CC(C)Cc1ccc(C(C)C(=O)N2CC3CCC(N)C3C2)cc1.Cl. The van der Waals surface area contributed by atoms with Crippen molar-refractivity contribution in [3.05, 3.63) is 35.4 Å². The van der Waals surface area contributed by atoms with Crippen molar-refractivity contribution in [3.63, 3.8) is 0 Å². The molecule has 1 amide bonds. The lowest BCUT2D eigenvalue weighted by Gasteiger charge is -2.23. The van der Waals surface area contributed by atoms with Gasteiger partial charge in [-0.3, -0.25) is 4.79 Å². The lowest BCUT2D eigenvalue weighted by Crippen LogP contribution is -2.35. The Hall–Kier alpha value is -1.06. The van der Waals surface area contributed by atoms with E-state index in [1.54, 1.807) is 0 Å². The van der Waals surface area contributed by atoms with Crippen LogP contribution < -0.4 is 5.73 Å². The topological polar surface area (TPSA) is 46.3 Å². The van der Waals surface area contributed by atoms with Crippen LogP contribution in [0.4, 0.5) is 0 Å². The Bertz CT molecular complexity index is 557. The van der Waals surface area contributed by atoms with Crippen molar-refractivity contribution in [1.82, 2.24) is 4.90 Å². The molecule has 24 heavy (non-hydrogen) atoms. The smallest absolute Gasteiger partial charge is 0.229 e. The van der Waals surface area contributed by atoms with Crippen LogP contribution in [-0.2, 0) is 11.2 Å². The molecule has 1 aliphatic heterocycles. The minimum atomic E-state index is -0.0573. The van der Waals surface area contributed by atoms with Crippen molar-refractivity contribution in [2.75, 3.05) is 13.1 Å². The molecule has 1 aromatic rings. The fourth-order valence-electron chi connectivity index (χ4n) is 4.32. The highest BCUT2D eigenvalue weighted by atomic mass is 35.5. The van der Waals surface area contributed by atoms with Gasteiger partial charge >= 0.3 is 0 Å². The molecule has 0 spiro atoms. The van der Waals surface area contributed by atoms with E-state index in [1.165, 1.54) is 12.0 Å². The number of fused-ring (bicyclic) bond motifs is 1. The first-order valence-electron chi connectivity index (χ1n) is 9.09. The zero-order valence-electron chi connectivity index (χ0n) is 15.1. The molecule has 0 aromatic heterocycles. The molecule has 1 heterocycles. The van der Waals surface area contributed by atoms with Crippen molar-refractivity contribution < 1.29 is 4.79 Å². The van der Waals surface area contributed by atoms with Crippen LogP contribution in [0.1, 0.15) is 50.7 Å². The van der Waals surface area contributed by atoms with E-state index >= 15 is 0 Å². The summed E-state index contributed by atoms with van der Waals surface area (Å²) in [6.45, 7) is 8.27. The van der Waals surface area contributed by atoms with Gasteiger partial charge in [0.1, 0.15) is 0 Å². The van der Waals surface area contributed by atoms with E-state index in [1.807, 2.05) is 6.92 Å². The van der Waals surface area contributed by atoms with Crippen LogP contribution in [0.25, 0.3) is 0 Å². The van der Waals surface area contributed by atoms with E-state index in [4.69, 9.17) is 5.73 Å². The van der Waals surface area contributed by atoms with Crippen molar-refractivity contribution in [1.29, 1.82) is 0 Å². The van der Waals surface area contributed by atoms with E-state index in [-0.39, 0.29) is 24.2 Å². The Labute approximate surface area is 152 Å². The molecule has 4 unspecified atom stereocenters. The summed E-state index contributed by atoms with van der Waals surface area (Å²) < 4.78 is 0. The van der Waals surface area contributed by atoms with Gasteiger partial charge in [0, 0.05) is 19.1 Å². The van der Waals surface area contributed by atoms with Gasteiger partial charge in [-0.2, -0.15) is 0 Å². The van der Waals surface area contributed by atoms with Gasteiger partial charge < -0.3 is 10.6 Å². The van der Waals surface area contributed by atoms with Crippen LogP contribution in [0.15, 0.2) is 24.3 Å². The van der Waals surface area contributed by atoms with E-state index in [9.17, 15) is 4.79 Å². The van der Waals surface area contributed by atoms with Crippen LogP contribution in [0.5, 0.6) is 0 Å². The fourth-order valence-corrected chi connectivity index (χ4v) is 4.32. The maximum Gasteiger partial charge on any atom is 0.229 e. The van der Waals surface area contributed by atoms with Crippen LogP contribution in [0, 0.1) is 17.8 Å². The van der Waals surface area contributed by atoms with E-state index in [0.29, 0.717) is 23.8 Å². The fraction of sp³-hybridized carbons (Fsp3) is 0.650. The molecule has 2 fully saturated rings. The Morgan fingerprint density at radius 3 is 2.42 bits per heavy atom. The van der Waals surface area contributed by atoms with Gasteiger partial charge in [-0.25, -0.2) is 0 Å². The van der Waals surface area contributed by atoms with Gasteiger partial charge in [0.25, 0.3) is 0 Å². The second kappa shape index (κ2) is 7.88. The van der Waals surface area contributed by atoms with Crippen LogP contribution in [-0.4, -0.2) is 29.9 Å². The molecule has 1 aliphatic carbocycles. The molecular weight excluding hydrogens is 320 g/mol. The lowest BCUT2D eigenvalue weighted by molar-refractivity contribution is -0.131. The Morgan fingerprint density at radius 2 is 1.83 bits per heavy atom. The number of nitrogens with two attached hydrogens (primary N) is 1. The summed E-state index contributed by atoms with van der Waals surface area (Å²) in [4.78, 5) is 14.9. The predicted octanol–water partition coefficient (Wildman–Crippen LogP) is 3.61. The van der Waals surface area contributed by atoms with Crippen molar-refractivity contribution in [3.8, 4) is 0 Å². The van der Waals surface area contributed by atoms with Gasteiger partial charge in [0.15, 0.2) is 0 Å². The third kappa shape index (κ3) is 3.94. The molecule has 134 valence electrons. The number of halogens is 1. The quantitative estimate of drug-likeness (QED) is 0.901. The molecule has 0 bridgehead atoms. The minimum Gasteiger partial charge on any atom is -0.342 e. The Morgan fingerprint density at radius 1 is 1.17 bits per heavy atom. The molecule has 3 nitrogen and oxygen atoms in total. The van der Waals surface area contributed by atoms with Crippen molar-refractivity contribution in [2.24, 2.45) is 23.5 Å². The van der Waals surface area contributed by atoms with Crippen LogP contribution in [0.3, 0.4) is 0 Å². The number of amides is 1. The summed E-state index contributed by atoms with van der Waals surface area (Å²) in [6.07, 6.45) is 3.41. The first-order chi connectivity index (χ1) is 11.0. The second-order valence-electron chi connectivity index (χ2n) is 7.97. The molecule has 2 N–H and O–H groups in total. The second-order valence-corrected chi connectivity index (χ2v) is 7.97. The molecule has 1 saturated heterocycles. The van der Waals surface area contributed by atoms with E-state index in [0.717, 1.165) is 31.5 Å². The number of benzene rings is 1. The monoisotopic (exact) mass is 350 g/mol. The zero-order valence-corrected chi connectivity index (χ0v) is 15.9. The molecule has 0 radical (unpaired) electrons. The van der Waals surface area contributed by atoms with Gasteiger partial charge in [0.05, 0.1) is 5.92 Å². The van der Waals surface area contributed by atoms with Gasteiger partial charge in [-0.1, -0.05) is 38.1 Å². The summed E-state index contributed by atoms with van der Waals surface area (Å²) in [6, 6.07) is 8.90. The van der Waals surface area contributed by atoms with Crippen molar-refractivity contribution >= 4 is 18.3 Å². The number of hydrogen-bond acceptors (Lipinski definition) is 2. The normalized spacial score (nSPS) is 27.0. The largest absolute Gasteiger partial charge is 0.342 e. The first-order valence-corrected chi connectivity index (χ1v) is 9.09. The number of likely N-dealkylation sites (tertiary alicyclic amines) is 1. The van der Waals surface area contributed by atoms with E-state index in [2.05, 4.69) is 43.0 Å². The molecular formula is C20H31ClN2O. The third-order valence-electron chi connectivity index (χ3n) is 5.72. The van der Waals surface area contributed by atoms with E-state index < -0.39 is 0 Å². The lowest BCUT2D eigenvalue weighted by atomic mass is 9.96. The van der Waals surface area contributed by atoms with Gasteiger partial charge in [-0.05, 0) is 55.1 Å². The van der Waals surface area contributed by atoms with Crippen molar-refractivity contribution in [2.45, 2.75) is 52.0 Å². The highest BCUT2D eigenvalue weighted by Gasteiger charge is 2.43. The molecule has 4 heteroatoms. The molecule has 1 saturated carbocycles. The summed E-state index contributed by atoms with van der Waals surface area (Å²) in [7, 11) is 0. The summed E-state index contributed by atoms with van der Waals surface area (Å²) in [5.74, 6) is 2.03. The number of hydrogen-bond donors (Lipinski definition) is 1. The van der Waals surface area contributed by atoms with Gasteiger partial charge in [0.2, 0.25) is 5.91 Å². The highest BCUT2D eigenvalue weighted by Crippen LogP contribution is 2.38. The molecule has 2 aliphatic rings.